The van der Waals surface area contributed by atoms with Crippen LogP contribution in [0, 0.1) is 0 Å². The van der Waals surface area contributed by atoms with Crippen molar-refractivity contribution < 1.29 is 9.53 Å². The van der Waals surface area contributed by atoms with E-state index in [2.05, 4.69) is 32.6 Å². The number of benzene rings is 1. The van der Waals surface area contributed by atoms with Gasteiger partial charge in [0.2, 0.25) is 0 Å². The van der Waals surface area contributed by atoms with Crippen molar-refractivity contribution in [2.24, 2.45) is 5.73 Å². The molecule has 0 atom stereocenters. The van der Waals surface area contributed by atoms with E-state index in [0.717, 1.165) is 5.57 Å². The summed E-state index contributed by atoms with van der Waals surface area (Å²) in [5.41, 5.74) is 6.99. The van der Waals surface area contributed by atoms with Crippen molar-refractivity contribution >= 4 is 6.09 Å². The van der Waals surface area contributed by atoms with E-state index < -0.39 is 6.09 Å². The number of nitrogens with two attached hydrogens (primary N) is 1. The number of carbonyl (C=O) groups is 1. The molecule has 0 heterocycles. The van der Waals surface area contributed by atoms with E-state index in [0.29, 0.717) is 5.76 Å². The van der Waals surface area contributed by atoms with Crippen LogP contribution < -0.4 is 5.73 Å². The molecule has 0 saturated heterocycles. The zero-order valence-corrected chi connectivity index (χ0v) is 12.2. The first kappa shape index (κ1) is 15.8. The Morgan fingerprint density at radius 1 is 1.25 bits per heavy atom. The van der Waals surface area contributed by atoms with Gasteiger partial charge in [-0.1, -0.05) is 62.9 Å². The minimum Gasteiger partial charge on any atom is -0.415 e. The summed E-state index contributed by atoms with van der Waals surface area (Å²) >= 11 is 0. The first-order chi connectivity index (χ1) is 9.37. The molecule has 3 nitrogen and oxygen atoms in total. The van der Waals surface area contributed by atoms with Crippen molar-refractivity contribution in [2.75, 3.05) is 0 Å². The number of ether oxygens (including phenoxy) is 1. The van der Waals surface area contributed by atoms with Crippen LogP contribution >= 0.6 is 0 Å². The number of hydrogen-bond donors (Lipinski definition) is 1. The minimum atomic E-state index is -0.811. The van der Waals surface area contributed by atoms with Gasteiger partial charge < -0.3 is 10.5 Å². The third-order valence-corrected chi connectivity index (χ3v) is 3.20. The van der Waals surface area contributed by atoms with Crippen LogP contribution in [-0.4, -0.2) is 6.09 Å². The quantitative estimate of drug-likeness (QED) is 0.648. The number of amides is 1. The van der Waals surface area contributed by atoms with Crippen molar-refractivity contribution in [1.29, 1.82) is 0 Å². The molecule has 3 heteroatoms. The number of hydrogen-bond acceptors (Lipinski definition) is 2. The second-order valence-corrected chi connectivity index (χ2v) is 5.02. The Morgan fingerprint density at radius 2 is 1.85 bits per heavy atom. The molecule has 1 aromatic carbocycles. The van der Waals surface area contributed by atoms with Crippen molar-refractivity contribution in [3.05, 3.63) is 72.0 Å². The van der Waals surface area contributed by atoms with Gasteiger partial charge in [0.25, 0.3) is 0 Å². The summed E-state index contributed by atoms with van der Waals surface area (Å²) in [5, 5.41) is 0. The predicted octanol–water partition coefficient (Wildman–Crippen LogP) is 4.08. The summed E-state index contributed by atoms with van der Waals surface area (Å²) in [4.78, 5) is 10.7. The first-order valence-electron chi connectivity index (χ1n) is 6.42. The van der Waals surface area contributed by atoms with Crippen molar-refractivity contribution in [3.63, 3.8) is 0 Å². The van der Waals surface area contributed by atoms with Crippen LogP contribution in [0.4, 0.5) is 4.79 Å². The third kappa shape index (κ3) is 4.12. The highest BCUT2D eigenvalue weighted by Gasteiger charge is 2.22. The maximum absolute atomic E-state index is 10.7. The Kier molecular flexibility index (Phi) is 5.32. The summed E-state index contributed by atoms with van der Waals surface area (Å²) < 4.78 is 4.78. The van der Waals surface area contributed by atoms with Crippen molar-refractivity contribution in [3.8, 4) is 0 Å². The fourth-order valence-electron chi connectivity index (χ4n) is 1.95. The number of allylic oxidation sites excluding steroid dienone is 5. The Bertz CT molecular complexity index is 539. The molecule has 20 heavy (non-hydrogen) atoms. The molecule has 0 aliphatic carbocycles. The monoisotopic (exact) mass is 271 g/mol. The summed E-state index contributed by atoms with van der Waals surface area (Å²) in [6, 6.07) is 10.2. The van der Waals surface area contributed by atoms with Crippen LogP contribution in [0.5, 0.6) is 0 Å². The van der Waals surface area contributed by atoms with E-state index in [-0.39, 0.29) is 5.41 Å². The van der Waals surface area contributed by atoms with Crippen LogP contribution in [0.25, 0.3) is 0 Å². The van der Waals surface area contributed by atoms with Crippen LogP contribution in [0.15, 0.2) is 66.5 Å². The minimum absolute atomic E-state index is 0.188. The molecule has 0 fully saturated rings. The lowest BCUT2D eigenvalue weighted by Gasteiger charge is -2.27. The van der Waals surface area contributed by atoms with Gasteiger partial charge in [0.15, 0.2) is 0 Å². The van der Waals surface area contributed by atoms with Gasteiger partial charge in [-0.15, -0.1) is 0 Å². The van der Waals surface area contributed by atoms with Gasteiger partial charge in [-0.05, 0) is 24.1 Å². The number of carbonyl (C=O) groups excluding carboxylic acids is 1. The third-order valence-electron chi connectivity index (χ3n) is 3.20. The number of rotatable bonds is 5. The molecule has 0 spiro atoms. The van der Waals surface area contributed by atoms with E-state index in [1.54, 1.807) is 19.1 Å². The molecular weight excluding hydrogens is 250 g/mol. The van der Waals surface area contributed by atoms with Gasteiger partial charge in [-0.2, -0.15) is 0 Å². The summed E-state index contributed by atoms with van der Waals surface area (Å²) in [7, 11) is 0. The smallest absolute Gasteiger partial charge is 0.409 e. The van der Waals surface area contributed by atoms with E-state index in [1.165, 1.54) is 5.56 Å². The predicted molar refractivity (Wildman–Crippen MR) is 82.2 cm³/mol. The van der Waals surface area contributed by atoms with Gasteiger partial charge in [0.1, 0.15) is 5.76 Å². The lowest BCUT2D eigenvalue weighted by molar-refractivity contribution is 0.187. The van der Waals surface area contributed by atoms with Gasteiger partial charge in [0.05, 0.1) is 0 Å². The molecule has 1 amide bonds. The topological polar surface area (TPSA) is 52.3 Å². The highest BCUT2D eigenvalue weighted by atomic mass is 16.5. The molecule has 0 bridgehead atoms. The lowest BCUT2D eigenvalue weighted by atomic mass is 9.77. The molecule has 0 aliphatic heterocycles. The fourth-order valence-corrected chi connectivity index (χ4v) is 1.95. The molecule has 106 valence electrons. The molecule has 0 aromatic heterocycles. The zero-order chi connectivity index (χ0) is 15.2. The normalized spacial score (nSPS) is 12.9. The average molecular weight is 271 g/mol. The second kappa shape index (κ2) is 6.75. The SMILES string of the molecule is C=C/C(=C\C=C(/C)OC(N)=O)C(C)(C)c1ccccc1. The van der Waals surface area contributed by atoms with Crippen LogP contribution in [0.3, 0.4) is 0 Å². The Morgan fingerprint density at radius 3 is 2.35 bits per heavy atom. The molecule has 0 unspecified atom stereocenters. The van der Waals surface area contributed by atoms with Crippen molar-refractivity contribution in [1.82, 2.24) is 0 Å². The molecule has 0 aliphatic rings. The molecule has 1 rings (SSSR count). The molecule has 2 N–H and O–H groups in total. The average Bonchev–Trinajstić information content (AvgIpc) is 2.39. The van der Waals surface area contributed by atoms with Gasteiger partial charge in [-0.25, -0.2) is 4.79 Å². The van der Waals surface area contributed by atoms with Crippen LogP contribution in [0.1, 0.15) is 26.3 Å². The first-order valence-corrected chi connectivity index (χ1v) is 6.42. The zero-order valence-electron chi connectivity index (χ0n) is 12.2. The molecule has 0 saturated carbocycles. The molecule has 1 aromatic rings. The summed E-state index contributed by atoms with van der Waals surface area (Å²) in [5.74, 6) is 0.445. The highest BCUT2D eigenvalue weighted by Crippen LogP contribution is 2.32. The second-order valence-electron chi connectivity index (χ2n) is 5.02. The van der Waals surface area contributed by atoms with Gasteiger partial charge in [-0.3, -0.25) is 0 Å². The summed E-state index contributed by atoms with van der Waals surface area (Å²) in [6.07, 6.45) is 4.60. The largest absolute Gasteiger partial charge is 0.415 e. The Labute approximate surface area is 120 Å². The van der Waals surface area contributed by atoms with E-state index in [9.17, 15) is 4.79 Å². The van der Waals surface area contributed by atoms with Crippen LogP contribution in [0.2, 0.25) is 0 Å². The van der Waals surface area contributed by atoms with E-state index in [4.69, 9.17) is 10.5 Å². The number of primary amides is 1. The van der Waals surface area contributed by atoms with Crippen LogP contribution in [-0.2, 0) is 10.2 Å². The maximum Gasteiger partial charge on any atom is 0.409 e. The summed E-state index contributed by atoms with van der Waals surface area (Å²) in [6.45, 7) is 9.78. The fraction of sp³-hybridized carbons (Fsp3) is 0.235. The van der Waals surface area contributed by atoms with Gasteiger partial charge >= 0.3 is 6.09 Å². The van der Waals surface area contributed by atoms with E-state index >= 15 is 0 Å². The molecular formula is C17H21NO2. The Balaban J connectivity index is 3.06. The van der Waals surface area contributed by atoms with E-state index in [1.807, 2.05) is 24.3 Å². The maximum atomic E-state index is 10.7. The molecule has 0 radical (unpaired) electrons. The highest BCUT2D eigenvalue weighted by molar-refractivity contribution is 5.65. The Hall–Kier alpha value is -2.29. The van der Waals surface area contributed by atoms with Crippen molar-refractivity contribution in [2.45, 2.75) is 26.2 Å². The van der Waals surface area contributed by atoms with Gasteiger partial charge in [0, 0.05) is 5.41 Å². The lowest BCUT2D eigenvalue weighted by Crippen LogP contribution is -2.19. The standard InChI is InChI=1S/C17H21NO2/c1-5-14(12-11-13(2)20-16(18)19)17(3,4)15-9-7-6-8-10-15/h5-12H,1H2,2-4H3,(H2,18,19)/b13-11+,14-12+.